The zero-order chi connectivity index (χ0) is 24.8. The van der Waals surface area contributed by atoms with Crippen LogP contribution in [-0.4, -0.2) is 28.0 Å². The Morgan fingerprint density at radius 3 is 2.11 bits per heavy atom. The van der Waals surface area contributed by atoms with E-state index in [1.165, 1.54) is 5.56 Å². The SMILES string of the molecule is CNc1nccc(-c2cccnc2Oc2ccc(NC(=O)Nc3ccc(C(C)(C)C)cc3)cc2)n1. The fraction of sp³-hybridized carbons (Fsp3) is 0.185. The molecule has 4 aromatic rings. The molecule has 8 heteroatoms. The lowest BCUT2D eigenvalue weighted by atomic mass is 9.87. The molecule has 178 valence electrons. The summed E-state index contributed by atoms with van der Waals surface area (Å²) >= 11 is 0. The van der Waals surface area contributed by atoms with E-state index in [1.54, 1.807) is 49.8 Å². The normalized spacial score (nSPS) is 11.0. The molecule has 35 heavy (non-hydrogen) atoms. The zero-order valence-electron chi connectivity index (χ0n) is 20.2. The summed E-state index contributed by atoms with van der Waals surface area (Å²) in [6, 6.07) is 20.1. The Balaban J connectivity index is 1.40. The van der Waals surface area contributed by atoms with Crippen LogP contribution >= 0.6 is 0 Å². The number of rotatable bonds is 6. The third kappa shape index (κ3) is 6.11. The highest BCUT2D eigenvalue weighted by Crippen LogP contribution is 2.31. The average Bonchev–Trinajstić information content (AvgIpc) is 2.85. The Bertz CT molecular complexity index is 1300. The van der Waals surface area contributed by atoms with Crippen LogP contribution in [0.15, 0.2) is 79.1 Å². The molecular formula is C27H28N6O2. The number of nitrogens with one attached hydrogen (secondary N) is 3. The van der Waals surface area contributed by atoms with Crippen LogP contribution in [0, 0.1) is 0 Å². The summed E-state index contributed by atoms with van der Waals surface area (Å²) in [7, 11) is 1.76. The van der Waals surface area contributed by atoms with Crippen LogP contribution in [0.2, 0.25) is 0 Å². The number of benzene rings is 2. The molecule has 4 rings (SSSR count). The molecule has 0 unspecified atom stereocenters. The number of pyridine rings is 1. The van der Waals surface area contributed by atoms with Crippen molar-refractivity contribution < 1.29 is 9.53 Å². The van der Waals surface area contributed by atoms with E-state index in [1.807, 2.05) is 36.4 Å². The number of urea groups is 1. The molecule has 0 bridgehead atoms. The number of carbonyl (C=O) groups excluding carboxylic acids is 1. The van der Waals surface area contributed by atoms with Gasteiger partial charge in [0.15, 0.2) is 0 Å². The summed E-state index contributed by atoms with van der Waals surface area (Å²) in [5.41, 5.74) is 4.06. The first-order valence-electron chi connectivity index (χ1n) is 11.2. The number of aromatic nitrogens is 3. The van der Waals surface area contributed by atoms with Crippen molar-refractivity contribution in [2.75, 3.05) is 23.0 Å². The van der Waals surface area contributed by atoms with Crippen molar-refractivity contribution in [2.24, 2.45) is 0 Å². The molecule has 0 saturated carbocycles. The van der Waals surface area contributed by atoms with E-state index in [-0.39, 0.29) is 11.4 Å². The van der Waals surface area contributed by atoms with Gasteiger partial charge in [0.1, 0.15) is 5.75 Å². The van der Waals surface area contributed by atoms with Crippen molar-refractivity contribution in [1.82, 2.24) is 15.0 Å². The van der Waals surface area contributed by atoms with E-state index in [4.69, 9.17) is 4.74 Å². The molecule has 3 N–H and O–H groups in total. The Hall–Kier alpha value is -4.46. The number of hydrogen-bond donors (Lipinski definition) is 3. The predicted molar refractivity (Wildman–Crippen MR) is 139 cm³/mol. The van der Waals surface area contributed by atoms with E-state index >= 15 is 0 Å². The predicted octanol–water partition coefficient (Wildman–Crippen LogP) is 6.31. The fourth-order valence-electron chi connectivity index (χ4n) is 3.36. The summed E-state index contributed by atoms with van der Waals surface area (Å²) in [5, 5.41) is 8.61. The molecule has 2 heterocycles. The summed E-state index contributed by atoms with van der Waals surface area (Å²) in [6.07, 6.45) is 3.34. The van der Waals surface area contributed by atoms with Crippen LogP contribution < -0.4 is 20.7 Å². The molecule has 0 spiro atoms. The van der Waals surface area contributed by atoms with Gasteiger partial charge in [0, 0.05) is 30.8 Å². The fourth-order valence-corrected chi connectivity index (χ4v) is 3.36. The quantitative estimate of drug-likeness (QED) is 0.306. The van der Waals surface area contributed by atoms with Crippen LogP contribution in [0.25, 0.3) is 11.3 Å². The molecule has 0 atom stereocenters. The first-order valence-corrected chi connectivity index (χ1v) is 11.2. The second-order valence-corrected chi connectivity index (χ2v) is 8.90. The molecule has 0 radical (unpaired) electrons. The van der Waals surface area contributed by atoms with Gasteiger partial charge in [0.25, 0.3) is 0 Å². The third-order valence-electron chi connectivity index (χ3n) is 5.26. The van der Waals surface area contributed by atoms with Crippen molar-refractivity contribution in [3.8, 4) is 22.9 Å². The number of nitrogens with zero attached hydrogens (tertiary/aromatic N) is 3. The smallest absolute Gasteiger partial charge is 0.323 e. The molecule has 0 aliphatic carbocycles. The standard InChI is InChI=1S/C27H28N6O2/c1-27(2,3)18-7-9-19(10-8-18)31-26(34)32-20-11-13-21(14-12-20)35-24-22(6-5-16-29-24)23-15-17-30-25(28-4)33-23/h5-17H,1-4H3,(H,28,30,33)(H2,31,32,34). The third-order valence-corrected chi connectivity index (χ3v) is 5.26. The first kappa shape index (κ1) is 23.7. The van der Waals surface area contributed by atoms with E-state index < -0.39 is 0 Å². The first-order chi connectivity index (χ1) is 16.8. The monoisotopic (exact) mass is 468 g/mol. The molecule has 0 aliphatic rings. The second-order valence-electron chi connectivity index (χ2n) is 8.90. The van der Waals surface area contributed by atoms with E-state index in [2.05, 4.69) is 51.7 Å². The molecular weight excluding hydrogens is 440 g/mol. The summed E-state index contributed by atoms with van der Waals surface area (Å²) in [6.45, 7) is 6.46. The Labute approximate surface area is 204 Å². The molecule has 8 nitrogen and oxygen atoms in total. The largest absolute Gasteiger partial charge is 0.438 e. The lowest BCUT2D eigenvalue weighted by molar-refractivity contribution is 0.262. The van der Waals surface area contributed by atoms with Gasteiger partial charge >= 0.3 is 6.03 Å². The van der Waals surface area contributed by atoms with Crippen LogP contribution in [0.1, 0.15) is 26.3 Å². The van der Waals surface area contributed by atoms with Crippen molar-refractivity contribution in [2.45, 2.75) is 26.2 Å². The molecule has 0 saturated heterocycles. The van der Waals surface area contributed by atoms with E-state index in [0.717, 1.165) is 11.3 Å². The summed E-state index contributed by atoms with van der Waals surface area (Å²) in [5.74, 6) is 1.51. The van der Waals surface area contributed by atoms with Crippen molar-refractivity contribution in [1.29, 1.82) is 0 Å². The Kier molecular flexibility index (Phi) is 6.91. The van der Waals surface area contributed by atoms with Crippen LogP contribution in [0.4, 0.5) is 22.1 Å². The molecule has 0 fully saturated rings. The van der Waals surface area contributed by atoms with E-state index in [9.17, 15) is 4.79 Å². The van der Waals surface area contributed by atoms with Gasteiger partial charge in [-0.25, -0.2) is 19.7 Å². The highest BCUT2D eigenvalue weighted by molar-refractivity contribution is 5.99. The van der Waals surface area contributed by atoms with Crippen molar-refractivity contribution in [3.63, 3.8) is 0 Å². The van der Waals surface area contributed by atoms with Crippen LogP contribution in [-0.2, 0) is 5.41 Å². The Morgan fingerprint density at radius 1 is 0.829 bits per heavy atom. The van der Waals surface area contributed by atoms with Gasteiger partial charge in [-0.2, -0.15) is 0 Å². The Morgan fingerprint density at radius 2 is 1.49 bits per heavy atom. The maximum Gasteiger partial charge on any atom is 0.323 e. The minimum atomic E-state index is -0.321. The van der Waals surface area contributed by atoms with Gasteiger partial charge in [-0.15, -0.1) is 0 Å². The second kappa shape index (κ2) is 10.2. The minimum Gasteiger partial charge on any atom is -0.438 e. The van der Waals surface area contributed by atoms with Gasteiger partial charge < -0.3 is 20.7 Å². The lowest BCUT2D eigenvalue weighted by Crippen LogP contribution is -2.19. The number of anilines is 3. The molecule has 2 aromatic heterocycles. The number of amides is 2. The summed E-state index contributed by atoms with van der Waals surface area (Å²) in [4.78, 5) is 25.4. The number of ether oxygens (including phenoxy) is 1. The van der Waals surface area contributed by atoms with Crippen LogP contribution in [0.3, 0.4) is 0 Å². The molecule has 2 amide bonds. The molecule has 0 aliphatic heterocycles. The van der Waals surface area contributed by atoms with Gasteiger partial charge in [0.05, 0.1) is 11.3 Å². The van der Waals surface area contributed by atoms with Gasteiger partial charge in [-0.3, -0.25) is 0 Å². The zero-order valence-corrected chi connectivity index (χ0v) is 20.2. The average molecular weight is 469 g/mol. The highest BCUT2D eigenvalue weighted by Gasteiger charge is 2.14. The number of carbonyl (C=O) groups is 1. The summed E-state index contributed by atoms with van der Waals surface area (Å²) < 4.78 is 6.01. The molecule has 2 aromatic carbocycles. The lowest BCUT2D eigenvalue weighted by Gasteiger charge is -2.19. The maximum atomic E-state index is 12.4. The van der Waals surface area contributed by atoms with Crippen LogP contribution in [0.5, 0.6) is 11.6 Å². The van der Waals surface area contributed by atoms with Gasteiger partial charge in [0.2, 0.25) is 11.8 Å². The number of hydrogen-bond acceptors (Lipinski definition) is 6. The highest BCUT2D eigenvalue weighted by atomic mass is 16.5. The maximum absolute atomic E-state index is 12.4. The van der Waals surface area contributed by atoms with Gasteiger partial charge in [-0.1, -0.05) is 32.9 Å². The van der Waals surface area contributed by atoms with E-state index in [0.29, 0.717) is 29.0 Å². The van der Waals surface area contributed by atoms with Crippen molar-refractivity contribution >= 4 is 23.4 Å². The minimum absolute atomic E-state index is 0.0606. The van der Waals surface area contributed by atoms with Gasteiger partial charge in [-0.05, 0) is 65.6 Å². The topological polar surface area (TPSA) is 101 Å². The van der Waals surface area contributed by atoms with Crippen molar-refractivity contribution in [3.05, 3.63) is 84.7 Å².